The lowest BCUT2D eigenvalue weighted by molar-refractivity contribution is -0.140. The van der Waals surface area contributed by atoms with Gasteiger partial charge in [-0.25, -0.2) is 0 Å². The summed E-state index contributed by atoms with van der Waals surface area (Å²) in [5, 5.41) is 0. The largest absolute Gasteiger partial charge is 0.399 e. The highest BCUT2D eigenvalue weighted by atomic mass is 16.2. The third kappa shape index (κ3) is 3.03. The van der Waals surface area contributed by atoms with Crippen LogP contribution >= 0.6 is 0 Å². The van der Waals surface area contributed by atoms with Crippen LogP contribution in [0.15, 0.2) is 24.3 Å². The number of anilines is 1. The number of hydrogen-bond acceptors (Lipinski definition) is 2. The monoisotopic (exact) mass is 246 g/mol. The van der Waals surface area contributed by atoms with Gasteiger partial charge >= 0.3 is 0 Å². The fourth-order valence-corrected chi connectivity index (χ4v) is 2.07. The zero-order valence-corrected chi connectivity index (χ0v) is 11.4. The number of nitrogens with two attached hydrogens (primary N) is 1. The number of nitrogen functional groups attached to an aromatic ring is 1. The molecule has 1 saturated carbocycles. The van der Waals surface area contributed by atoms with Gasteiger partial charge in [0.1, 0.15) is 0 Å². The molecular formula is C15H22N2O. The number of rotatable bonds is 3. The molecule has 0 spiro atoms. The molecule has 18 heavy (non-hydrogen) atoms. The maximum absolute atomic E-state index is 12.4. The van der Waals surface area contributed by atoms with E-state index in [1.165, 1.54) is 0 Å². The van der Waals surface area contributed by atoms with Gasteiger partial charge in [0.2, 0.25) is 5.91 Å². The molecule has 98 valence electrons. The van der Waals surface area contributed by atoms with E-state index in [0.717, 1.165) is 24.1 Å². The minimum Gasteiger partial charge on any atom is -0.399 e. The second kappa shape index (κ2) is 4.63. The quantitative estimate of drug-likeness (QED) is 0.834. The maximum Gasteiger partial charge on any atom is 0.228 e. The molecule has 0 radical (unpaired) electrons. The Morgan fingerprint density at radius 2 is 2.06 bits per heavy atom. The number of nitrogens with zero attached hydrogens (tertiary/aromatic N) is 1. The molecule has 2 rings (SSSR count). The van der Waals surface area contributed by atoms with Crippen molar-refractivity contribution in [1.82, 2.24) is 4.90 Å². The van der Waals surface area contributed by atoms with Crippen molar-refractivity contribution >= 4 is 11.6 Å². The molecule has 1 aromatic rings. The first-order valence-corrected chi connectivity index (χ1v) is 6.53. The average Bonchev–Trinajstić information content (AvgIpc) is 3.07. The molecule has 0 atom stereocenters. The van der Waals surface area contributed by atoms with Crippen molar-refractivity contribution in [2.75, 3.05) is 5.73 Å². The van der Waals surface area contributed by atoms with Crippen LogP contribution in [-0.4, -0.2) is 16.8 Å². The molecule has 3 heteroatoms. The van der Waals surface area contributed by atoms with Gasteiger partial charge in [-0.15, -0.1) is 0 Å². The summed E-state index contributed by atoms with van der Waals surface area (Å²) in [6.45, 7) is 6.60. The molecule has 0 aromatic heterocycles. The predicted molar refractivity (Wildman–Crippen MR) is 73.9 cm³/mol. The van der Waals surface area contributed by atoms with Gasteiger partial charge < -0.3 is 10.6 Å². The Hall–Kier alpha value is -1.51. The van der Waals surface area contributed by atoms with Gasteiger partial charge in [-0.05, 0) is 30.5 Å². The standard InChI is InChI=1S/C15H22N2O/c1-15(2,3)14(18)17(13-7-8-13)10-11-5-4-6-12(16)9-11/h4-6,9,13H,7-8,10,16H2,1-3H3. The first-order valence-electron chi connectivity index (χ1n) is 6.53. The topological polar surface area (TPSA) is 46.3 Å². The fourth-order valence-electron chi connectivity index (χ4n) is 2.07. The number of benzene rings is 1. The van der Waals surface area contributed by atoms with Crippen LogP contribution in [0.2, 0.25) is 0 Å². The van der Waals surface area contributed by atoms with Crippen LogP contribution in [0.5, 0.6) is 0 Å². The number of amides is 1. The van der Waals surface area contributed by atoms with E-state index in [0.29, 0.717) is 12.6 Å². The smallest absolute Gasteiger partial charge is 0.228 e. The van der Waals surface area contributed by atoms with Crippen LogP contribution in [0, 0.1) is 5.41 Å². The Bertz CT molecular complexity index is 444. The maximum atomic E-state index is 12.4. The summed E-state index contributed by atoms with van der Waals surface area (Å²) < 4.78 is 0. The molecule has 2 N–H and O–H groups in total. The lowest BCUT2D eigenvalue weighted by atomic mass is 9.94. The third-order valence-corrected chi connectivity index (χ3v) is 3.19. The normalized spacial score (nSPS) is 15.5. The van der Waals surface area contributed by atoms with Gasteiger partial charge in [-0.1, -0.05) is 32.9 Å². The molecule has 3 nitrogen and oxygen atoms in total. The van der Waals surface area contributed by atoms with E-state index in [1.54, 1.807) is 0 Å². The minimum absolute atomic E-state index is 0.229. The van der Waals surface area contributed by atoms with Crippen LogP contribution in [0.25, 0.3) is 0 Å². The van der Waals surface area contributed by atoms with Crippen molar-refractivity contribution in [2.24, 2.45) is 5.41 Å². The van der Waals surface area contributed by atoms with Crippen LogP contribution in [0.3, 0.4) is 0 Å². The van der Waals surface area contributed by atoms with Crippen LogP contribution in [0.4, 0.5) is 5.69 Å². The van der Waals surface area contributed by atoms with Crippen molar-refractivity contribution in [3.63, 3.8) is 0 Å². The van der Waals surface area contributed by atoms with Gasteiger partial charge in [0, 0.05) is 23.7 Å². The van der Waals surface area contributed by atoms with E-state index in [4.69, 9.17) is 5.73 Å². The second-order valence-corrected chi connectivity index (χ2v) is 6.16. The molecule has 0 saturated heterocycles. The highest BCUT2D eigenvalue weighted by Crippen LogP contribution is 2.32. The highest BCUT2D eigenvalue weighted by molar-refractivity contribution is 5.82. The van der Waals surface area contributed by atoms with E-state index in [2.05, 4.69) is 0 Å². The second-order valence-electron chi connectivity index (χ2n) is 6.16. The summed E-state index contributed by atoms with van der Waals surface area (Å²) in [4.78, 5) is 14.4. The SMILES string of the molecule is CC(C)(C)C(=O)N(Cc1cccc(N)c1)C1CC1. The van der Waals surface area contributed by atoms with E-state index < -0.39 is 0 Å². The Morgan fingerprint density at radius 1 is 1.39 bits per heavy atom. The van der Waals surface area contributed by atoms with Crippen molar-refractivity contribution in [2.45, 2.75) is 46.2 Å². The minimum atomic E-state index is -0.317. The van der Waals surface area contributed by atoms with Crippen LogP contribution < -0.4 is 5.73 Å². The van der Waals surface area contributed by atoms with Crippen molar-refractivity contribution in [3.05, 3.63) is 29.8 Å². The van der Waals surface area contributed by atoms with Gasteiger partial charge in [-0.3, -0.25) is 4.79 Å². The molecular weight excluding hydrogens is 224 g/mol. The summed E-state index contributed by atoms with van der Waals surface area (Å²) in [5.41, 5.74) is 7.33. The first kappa shape index (κ1) is 12.9. The summed E-state index contributed by atoms with van der Waals surface area (Å²) in [6, 6.07) is 8.22. The van der Waals surface area contributed by atoms with E-state index in [9.17, 15) is 4.79 Å². The summed E-state index contributed by atoms with van der Waals surface area (Å²) >= 11 is 0. The average molecular weight is 246 g/mol. The molecule has 0 bridgehead atoms. The zero-order valence-electron chi connectivity index (χ0n) is 11.4. The van der Waals surface area contributed by atoms with Crippen LogP contribution in [0.1, 0.15) is 39.2 Å². The third-order valence-electron chi connectivity index (χ3n) is 3.19. The Kier molecular flexibility index (Phi) is 3.33. The Balaban J connectivity index is 2.14. The lowest BCUT2D eigenvalue weighted by Gasteiger charge is -2.29. The highest BCUT2D eigenvalue weighted by Gasteiger charge is 2.37. The van der Waals surface area contributed by atoms with Crippen LogP contribution in [-0.2, 0) is 11.3 Å². The van der Waals surface area contributed by atoms with E-state index >= 15 is 0 Å². The fraction of sp³-hybridized carbons (Fsp3) is 0.533. The summed E-state index contributed by atoms with van der Waals surface area (Å²) in [6.07, 6.45) is 2.26. The van der Waals surface area contributed by atoms with E-state index in [-0.39, 0.29) is 11.3 Å². The van der Waals surface area contributed by atoms with Crippen molar-refractivity contribution < 1.29 is 4.79 Å². The number of hydrogen-bond donors (Lipinski definition) is 1. The van der Waals surface area contributed by atoms with Crippen molar-refractivity contribution in [1.29, 1.82) is 0 Å². The van der Waals surface area contributed by atoms with E-state index in [1.807, 2.05) is 49.9 Å². The molecule has 0 unspecified atom stereocenters. The molecule has 1 aromatic carbocycles. The molecule has 1 aliphatic rings. The van der Waals surface area contributed by atoms with Gasteiger partial charge in [0.25, 0.3) is 0 Å². The lowest BCUT2D eigenvalue weighted by Crippen LogP contribution is -2.40. The van der Waals surface area contributed by atoms with Crippen molar-refractivity contribution in [3.8, 4) is 0 Å². The predicted octanol–water partition coefficient (Wildman–Crippen LogP) is 2.81. The summed E-state index contributed by atoms with van der Waals surface area (Å²) in [5.74, 6) is 0.229. The molecule has 0 heterocycles. The Labute approximate surface area is 109 Å². The van der Waals surface area contributed by atoms with Gasteiger partial charge in [0.05, 0.1) is 0 Å². The molecule has 1 amide bonds. The molecule has 0 aliphatic heterocycles. The molecule has 1 fully saturated rings. The van der Waals surface area contributed by atoms with Gasteiger partial charge in [-0.2, -0.15) is 0 Å². The number of carbonyl (C=O) groups is 1. The van der Waals surface area contributed by atoms with Gasteiger partial charge in [0.15, 0.2) is 0 Å². The first-order chi connectivity index (χ1) is 8.38. The Morgan fingerprint density at radius 3 is 2.56 bits per heavy atom. The summed E-state index contributed by atoms with van der Waals surface area (Å²) in [7, 11) is 0. The number of carbonyl (C=O) groups excluding carboxylic acids is 1. The zero-order chi connectivity index (χ0) is 13.3. The molecule has 1 aliphatic carbocycles.